The molecule has 55 heavy (non-hydrogen) atoms. The number of hydroxylamine groups is 2. The van der Waals surface area contributed by atoms with Crippen LogP contribution in [-0.4, -0.2) is 102 Å². The van der Waals surface area contributed by atoms with E-state index in [9.17, 15) is 24.0 Å². The van der Waals surface area contributed by atoms with Crippen molar-refractivity contribution >= 4 is 47.6 Å². The molecule has 2 aliphatic rings. The minimum absolute atomic E-state index is 0.0652. The minimum Gasteiger partial charge on any atom is -0.350 e. The van der Waals surface area contributed by atoms with Crippen molar-refractivity contribution in [2.24, 2.45) is 22.7 Å². The molecule has 310 valence electrons. The highest BCUT2D eigenvalue weighted by atomic mass is 32.2. The molecule has 3 rings (SSSR count). The third kappa shape index (κ3) is 13.1. The predicted octanol–water partition coefficient (Wildman–Crippen LogP) is 5.25. The van der Waals surface area contributed by atoms with E-state index in [-0.39, 0.29) is 29.2 Å². The zero-order valence-electron chi connectivity index (χ0n) is 34.9. The molecule has 2 heterocycles. The Morgan fingerprint density at radius 2 is 1.73 bits per heavy atom. The summed E-state index contributed by atoms with van der Waals surface area (Å²) in [6.45, 7) is 16.9. The molecule has 5 amide bonds. The molecule has 5 unspecified atom stereocenters. The molecule has 1 aromatic rings. The monoisotopic (exact) mass is 788 g/mol. The van der Waals surface area contributed by atoms with Gasteiger partial charge in [0.15, 0.2) is 0 Å². The van der Waals surface area contributed by atoms with E-state index in [2.05, 4.69) is 33.2 Å². The van der Waals surface area contributed by atoms with E-state index in [0.29, 0.717) is 38.9 Å². The summed E-state index contributed by atoms with van der Waals surface area (Å²) < 4.78 is 7.74. The van der Waals surface area contributed by atoms with Gasteiger partial charge in [-0.3, -0.25) is 23.5 Å². The molecule has 0 aromatic carbocycles. The maximum absolute atomic E-state index is 14.9. The van der Waals surface area contributed by atoms with Crippen LogP contribution in [0.4, 0.5) is 10.6 Å². The van der Waals surface area contributed by atoms with Crippen molar-refractivity contribution in [1.82, 2.24) is 36.2 Å². The highest BCUT2D eigenvalue weighted by molar-refractivity contribution is 7.96. The molecule has 15 heteroatoms. The molecule has 0 radical (unpaired) electrons. The number of carbonyl (C=O) groups is 5. The summed E-state index contributed by atoms with van der Waals surface area (Å²) in [6, 6.07) is 2.05. The Labute approximate surface area is 333 Å². The van der Waals surface area contributed by atoms with Gasteiger partial charge >= 0.3 is 6.03 Å². The number of anilines is 1. The number of hydrogen-bond donors (Lipinski definition) is 4. The maximum atomic E-state index is 14.9. The zero-order chi connectivity index (χ0) is 40.9. The van der Waals surface area contributed by atoms with E-state index in [0.717, 1.165) is 56.6 Å². The Bertz CT molecular complexity index is 1420. The molecule has 1 aliphatic heterocycles. The number of nitrogens with zero attached hydrogens (tertiary/aromatic N) is 4. The number of pyridine rings is 1. The molecule has 14 nitrogen and oxygen atoms in total. The quantitative estimate of drug-likeness (QED) is 0.0630. The van der Waals surface area contributed by atoms with Crippen LogP contribution in [-0.2, 0) is 23.5 Å². The summed E-state index contributed by atoms with van der Waals surface area (Å²) in [5, 5.41) is 13.4. The first-order valence-corrected chi connectivity index (χ1v) is 20.8. The van der Waals surface area contributed by atoms with Crippen molar-refractivity contribution in [1.29, 1.82) is 0 Å². The molecule has 1 aliphatic carbocycles. The lowest BCUT2D eigenvalue weighted by atomic mass is 9.70. The molecular weight excluding hydrogens is 721 g/mol. The summed E-state index contributed by atoms with van der Waals surface area (Å²) in [5.74, 6) is -1.53. The number of ketones is 1. The SMILES string of the molecule is CCCCC(NC(=O)C1C(C(C)C)CCN1C(=O)C(NC(=O)NC(CN(C)OSN(C)c1ccccn1)C(C)(C)C)C1(C)CCCCC1)C(=O)C(=O)NCC. The van der Waals surface area contributed by atoms with E-state index in [1.54, 1.807) is 34.4 Å². The van der Waals surface area contributed by atoms with Crippen LogP contribution in [0.2, 0.25) is 0 Å². The van der Waals surface area contributed by atoms with Crippen molar-refractivity contribution in [2.45, 2.75) is 137 Å². The molecule has 5 atom stereocenters. The first-order chi connectivity index (χ1) is 25.9. The lowest BCUT2D eigenvalue weighted by Gasteiger charge is -2.43. The molecule has 2 fully saturated rings. The lowest BCUT2D eigenvalue weighted by Crippen LogP contribution is -2.63. The Hall–Kier alpha value is -3.43. The molecule has 0 spiro atoms. The summed E-state index contributed by atoms with van der Waals surface area (Å²) in [6.07, 6.45) is 8.49. The number of likely N-dealkylation sites (N-methyl/N-ethyl adjacent to an activating group) is 2. The second kappa shape index (κ2) is 21.2. The third-order valence-corrected chi connectivity index (χ3v) is 11.9. The Kier molecular flexibility index (Phi) is 17.7. The predicted molar refractivity (Wildman–Crippen MR) is 217 cm³/mol. The fraction of sp³-hybridized carbons (Fsp3) is 0.750. The Balaban J connectivity index is 1.84. The standard InChI is InChI=1S/C40H68N8O6S/c1-11-13-19-29(33(49)36(51)41-12-2)43-35(50)32-28(27(3)4)21-25-48(32)37(52)34(40(8)22-16-14-17-23-40)45-38(53)44-30(39(5,6)7)26-46(9)54-55-47(10)31-20-15-18-24-42-31/h15,18,20,24,27-30,32,34H,11-14,16-17,19,21-23,25-26H2,1-10H3,(H,41,51)(H,43,50)(H2,44,45,53). The van der Waals surface area contributed by atoms with E-state index in [1.807, 2.05) is 66.8 Å². The maximum Gasteiger partial charge on any atom is 0.315 e. The zero-order valence-corrected chi connectivity index (χ0v) is 35.7. The normalized spacial score (nSPS) is 20.0. The highest BCUT2D eigenvalue weighted by Crippen LogP contribution is 2.41. The van der Waals surface area contributed by atoms with Crippen molar-refractivity contribution in [3.63, 3.8) is 0 Å². The lowest BCUT2D eigenvalue weighted by molar-refractivity contribution is -0.145. The van der Waals surface area contributed by atoms with Crippen molar-refractivity contribution < 1.29 is 28.3 Å². The van der Waals surface area contributed by atoms with Gasteiger partial charge in [0.1, 0.15) is 30.1 Å². The average Bonchev–Trinajstić information content (AvgIpc) is 3.60. The van der Waals surface area contributed by atoms with E-state index in [1.165, 1.54) is 0 Å². The van der Waals surface area contributed by atoms with Crippen LogP contribution < -0.4 is 25.6 Å². The number of unbranched alkanes of at least 4 members (excludes halogenated alkanes) is 1. The molecule has 1 saturated carbocycles. The largest absolute Gasteiger partial charge is 0.350 e. The van der Waals surface area contributed by atoms with Crippen LogP contribution in [0.25, 0.3) is 0 Å². The van der Waals surface area contributed by atoms with Crippen LogP contribution in [0, 0.1) is 22.7 Å². The Morgan fingerprint density at radius 1 is 1.04 bits per heavy atom. The molecule has 1 saturated heterocycles. The summed E-state index contributed by atoms with van der Waals surface area (Å²) >= 11 is 1.12. The average molecular weight is 789 g/mol. The van der Waals surface area contributed by atoms with Gasteiger partial charge in [0.2, 0.25) is 17.6 Å². The smallest absolute Gasteiger partial charge is 0.315 e. The second-order valence-corrected chi connectivity index (χ2v) is 17.8. The molecule has 1 aromatic heterocycles. The van der Waals surface area contributed by atoms with Crippen LogP contribution in [0.3, 0.4) is 0 Å². The van der Waals surface area contributed by atoms with Gasteiger partial charge in [-0.25, -0.2) is 14.1 Å². The number of Topliss-reactive ketones (excluding diaryl/α,β-unsaturated/α-hetero) is 1. The molecule has 4 N–H and O–H groups in total. The van der Waals surface area contributed by atoms with Gasteiger partial charge in [0.25, 0.3) is 5.91 Å². The number of rotatable bonds is 19. The number of amides is 5. The number of urea groups is 1. The van der Waals surface area contributed by atoms with Gasteiger partial charge in [-0.2, -0.15) is 5.06 Å². The van der Waals surface area contributed by atoms with Gasteiger partial charge in [-0.1, -0.05) is 86.6 Å². The number of aromatic nitrogens is 1. The Morgan fingerprint density at radius 3 is 2.31 bits per heavy atom. The fourth-order valence-electron chi connectivity index (χ4n) is 7.63. The molecule has 0 bridgehead atoms. The number of hydrogen-bond acceptors (Lipinski definition) is 10. The van der Waals surface area contributed by atoms with Gasteiger partial charge in [0, 0.05) is 39.9 Å². The summed E-state index contributed by atoms with van der Waals surface area (Å²) in [5.41, 5.74) is -0.908. The van der Waals surface area contributed by atoms with Crippen LogP contribution in [0.15, 0.2) is 24.4 Å². The fourth-order valence-corrected chi connectivity index (χ4v) is 8.08. The number of likely N-dealkylation sites (tertiary alicyclic amines) is 1. The third-order valence-electron chi connectivity index (χ3n) is 11.1. The number of carbonyl (C=O) groups excluding carboxylic acids is 5. The van der Waals surface area contributed by atoms with Gasteiger partial charge in [-0.15, -0.1) is 0 Å². The minimum atomic E-state index is -0.995. The van der Waals surface area contributed by atoms with E-state index < -0.39 is 47.2 Å². The van der Waals surface area contributed by atoms with Gasteiger partial charge < -0.3 is 26.2 Å². The summed E-state index contributed by atoms with van der Waals surface area (Å²) in [4.78, 5) is 74.9. The number of nitrogens with one attached hydrogen (secondary N) is 4. The first kappa shape index (κ1) is 46.0. The topological polar surface area (TPSA) is 165 Å². The second-order valence-electron chi connectivity index (χ2n) is 16.9. The summed E-state index contributed by atoms with van der Waals surface area (Å²) in [7, 11) is 3.65. The van der Waals surface area contributed by atoms with Crippen molar-refractivity contribution in [3.8, 4) is 0 Å². The molecular formula is C40H68N8O6S. The van der Waals surface area contributed by atoms with Gasteiger partial charge in [-0.05, 0) is 67.4 Å². The van der Waals surface area contributed by atoms with Crippen molar-refractivity contribution in [3.05, 3.63) is 24.4 Å². The van der Waals surface area contributed by atoms with E-state index >= 15 is 0 Å². The van der Waals surface area contributed by atoms with E-state index in [4.69, 9.17) is 4.28 Å². The highest BCUT2D eigenvalue weighted by Gasteiger charge is 2.50. The first-order valence-electron chi connectivity index (χ1n) is 20.1. The van der Waals surface area contributed by atoms with Crippen molar-refractivity contribution in [2.75, 3.05) is 38.0 Å². The van der Waals surface area contributed by atoms with Crippen LogP contribution >= 0.6 is 12.2 Å². The van der Waals surface area contributed by atoms with Crippen LogP contribution in [0.1, 0.15) is 113 Å². The van der Waals surface area contributed by atoms with Crippen LogP contribution in [0.5, 0.6) is 0 Å². The van der Waals surface area contributed by atoms with Gasteiger partial charge in [0.05, 0.1) is 12.1 Å².